The summed E-state index contributed by atoms with van der Waals surface area (Å²) >= 11 is 0. The maximum atomic E-state index is 13.5. The van der Waals surface area contributed by atoms with Crippen LogP contribution in [0.3, 0.4) is 0 Å². The van der Waals surface area contributed by atoms with E-state index in [1.807, 2.05) is 34.6 Å². The number of furan rings is 1. The van der Waals surface area contributed by atoms with Crippen LogP contribution >= 0.6 is 0 Å². The molecule has 2 rings (SSSR count). The predicted octanol–water partition coefficient (Wildman–Crippen LogP) is 6.29. The highest BCUT2D eigenvalue weighted by Crippen LogP contribution is 2.24. The first-order valence-corrected chi connectivity index (χ1v) is 13.8. The molecule has 0 saturated heterocycles. The Hall–Kier alpha value is -2.06. The summed E-state index contributed by atoms with van der Waals surface area (Å²) in [7, 11) is -3.68. The van der Waals surface area contributed by atoms with Gasteiger partial charge in [-0.05, 0) is 63.8 Å². The number of fused-ring (bicyclic) bond motifs is 1. The second-order valence-electron chi connectivity index (χ2n) is 10.3. The third-order valence-corrected chi connectivity index (χ3v) is 7.26. The molecule has 8 heteroatoms. The Morgan fingerprint density at radius 3 is 2.38 bits per heavy atom. The Labute approximate surface area is 205 Å². The summed E-state index contributed by atoms with van der Waals surface area (Å²) in [6.45, 7) is 13.5. The predicted molar refractivity (Wildman–Crippen MR) is 136 cm³/mol. The molecule has 0 spiro atoms. The van der Waals surface area contributed by atoms with Gasteiger partial charge in [-0.15, -0.1) is 0 Å². The molecule has 1 heterocycles. The van der Waals surface area contributed by atoms with Gasteiger partial charge in [-0.1, -0.05) is 40.0 Å². The first-order valence-electron chi connectivity index (χ1n) is 12.4. The van der Waals surface area contributed by atoms with Crippen molar-refractivity contribution in [2.24, 2.45) is 5.92 Å². The third kappa shape index (κ3) is 8.62. The topological polar surface area (TPSA) is 80.1 Å². The highest BCUT2D eigenvalue weighted by molar-refractivity contribution is 7.89. The van der Waals surface area contributed by atoms with E-state index in [1.165, 1.54) is 4.31 Å². The summed E-state index contributed by atoms with van der Waals surface area (Å²) in [5.41, 5.74) is 0.0859. The van der Waals surface area contributed by atoms with Gasteiger partial charge < -0.3 is 14.1 Å². The van der Waals surface area contributed by atoms with Crippen LogP contribution in [0.2, 0.25) is 0 Å². The summed E-state index contributed by atoms with van der Waals surface area (Å²) in [4.78, 5) is 14.7. The monoisotopic (exact) mass is 494 g/mol. The van der Waals surface area contributed by atoms with Crippen LogP contribution in [-0.4, -0.2) is 55.5 Å². The van der Waals surface area contributed by atoms with Gasteiger partial charge in [0.25, 0.3) is 0 Å². The maximum absolute atomic E-state index is 13.5. The number of rotatable bonds is 13. The van der Waals surface area contributed by atoms with E-state index in [0.717, 1.165) is 31.1 Å². The number of benzene rings is 1. The van der Waals surface area contributed by atoms with Crippen LogP contribution in [0.15, 0.2) is 39.8 Å². The normalized spacial score (nSPS) is 12.6. The molecule has 0 aliphatic carbocycles. The van der Waals surface area contributed by atoms with Crippen LogP contribution in [0.1, 0.15) is 73.6 Å². The Bertz CT molecular complexity index is 1010. The molecule has 0 aliphatic rings. The first-order chi connectivity index (χ1) is 15.9. The third-order valence-electron chi connectivity index (χ3n) is 5.40. The van der Waals surface area contributed by atoms with Gasteiger partial charge >= 0.3 is 6.09 Å². The van der Waals surface area contributed by atoms with Gasteiger partial charge in [-0.3, -0.25) is 0 Å². The van der Waals surface area contributed by atoms with E-state index < -0.39 is 15.6 Å². The van der Waals surface area contributed by atoms with Gasteiger partial charge in [0.1, 0.15) is 11.2 Å². The molecule has 0 radical (unpaired) electrons. The molecule has 0 atom stereocenters. The van der Waals surface area contributed by atoms with E-state index in [1.54, 1.807) is 35.4 Å². The van der Waals surface area contributed by atoms with Crippen molar-refractivity contribution in [3.8, 4) is 0 Å². The molecule has 0 aliphatic heterocycles. The number of hydrogen-bond acceptors (Lipinski definition) is 5. The number of carbonyl (C=O) groups is 1. The Balaban J connectivity index is 2.11. The molecule has 1 amide bonds. The zero-order valence-corrected chi connectivity index (χ0v) is 22.5. The first kappa shape index (κ1) is 28.2. The zero-order valence-electron chi connectivity index (χ0n) is 21.7. The fourth-order valence-corrected chi connectivity index (χ4v) is 5.44. The van der Waals surface area contributed by atoms with Crippen LogP contribution in [-0.2, 0) is 14.8 Å². The summed E-state index contributed by atoms with van der Waals surface area (Å²) in [6, 6.07) is 6.70. The van der Waals surface area contributed by atoms with Crippen molar-refractivity contribution in [3.63, 3.8) is 0 Å². The van der Waals surface area contributed by atoms with Crippen molar-refractivity contribution in [3.05, 3.63) is 30.5 Å². The van der Waals surface area contributed by atoms with Crippen molar-refractivity contribution in [2.45, 2.75) is 84.1 Å². The lowest BCUT2D eigenvalue weighted by molar-refractivity contribution is 0.0242. The number of amides is 1. The molecule has 0 bridgehead atoms. The van der Waals surface area contributed by atoms with Crippen molar-refractivity contribution in [1.82, 2.24) is 9.21 Å². The Kier molecular flexibility index (Phi) is 10.4. The molecule has 34 heavy (non-hydrogen) atoms. The number of ether oxygens (including phenoxy) is 1. The van der Waals surface area contributed by atoms with E-state index >= 15 is 0 Å². The van der Waals surface area contributed by atoms with E-state index in [0.29, 0.717) is 38.2 Å². The van der Waals surface area contributed by atoms with Crippen molar-refractivity contribution >= 4 is 27.1 Å². The fourth-order valence-electron chi connectivity index (χ4n) is 3.76. The van der Waals surface area contributed by atoms with Gasteiger partial charge in [0.2, 0.25) is 10.0 Å². The number of nitrogens with zero attached hydrogens (tertiary/aromatic N) is 2. The molecule has 1 aromatic carbocycles. The van der Waals surface area contributed by atoms with Gasteiger partial charge in [-0.2, -0.15) is 4.31 Å². The van der Waals surface area contributed by atoms with Crippen LogP contribution < -0.4 is 0 Å². The molecule has 0 unspecified atom stereocenters. The largest absolute Gasteiger partial charge is 0.464 e. The van der Waals surface area contributed by atoms with E-state index in [-0.39, 0.29) is 16.9 Å². The molecule has 2 aromatic rings. The van der Waals surface area contributed by atoms with Gasteiger partial charge in [0, 0.05) is 31.6 Å². The zero-order chi connectivity index (χ0) is 25.4. The van der Waals surface area contributed by atoms with Gasteiger partial charge in [0.05, 0.1) is 11.2 Å². The van der Waals surface area contributed by atoms with Crippen LogP contribution in [0.4, 0.5) is 4.79 Å². The lowest BCUT2D eigenvalue weighted by Gasteiger charge is -2.29. The standard InChI is InChI=1S/C26H42N2O5S/c1-7-8-9-10-15-27(25(29)33-26(4,5)6)16-11-17-28(20-21(2)3)34(30,31)23-12-13-24-22(19-23)14-18-32-24/h12-14,18-19,21H,7-11,15-17,20H2,1-6H3. The van der Waals surface area contributed by atoms with E-state index in [4.69, 9.17) is 9.15 Å². The Morgan fingerprint density at radius 2 is 1.74 bits per heavy atom. The minimum absolute atomic E-state index is 0.170. The van der Waals surface area contributed by atoms with Crippen LogP contribution in [0.25, 0.3) is 11.0 Å². The molecule has 7 nitrogen and oxygen atoms in total. The summed E-state index contributed by atoms with van der Waals surface area (Å²) in [5, 5.41) is 0.758. The quantitative estimate of drug-likeness (QED) is 0.306. The highest BCUT2D eigenvalue weighted by Gasteiger charge is 2.27. The number of unbranched alkanes of at least 4 members (excludes halogenated alkanes) is 3. The molecule has 0 saturated carbocycles. The Morgan fingerprint density at radius 1 is 1.03 bits per heavy atom. The van der Waals surface area contributed by atoms with Crippen molar-refractivity contribution in [1.29, 1.82) is 0 Å². The van der Waals surface area contributed by atoms with Crippen LogP contribution in [0, 0.1) is 5.92 Å². The average Bonchev–Trinajstić information content (AvgIpc) is 3.21. The second-order valence-corrected chi connectivity index (χ2v) is 12.2. The van der Waals surface area contributed by atoms with E-state index in [9.17, 15) is 13.2 Å². The average molecular weight is 495 g/mol. The fraction of sp³-hybridized carbons (Fsp3) is 0.654. The summed E-state index contributed by atoms with van der Waals surface area (Å²) in [6.07, 6.45) is 5.97. The number of sulfonamides is 1. The van der Waals surface area contributed by atoms with Crippen molar-refractivity contribution < 1.29 is 22.4 Å². The maximum Gasteiger partial charge on any atom is 0.410 e. The van der Waals surface area contributed by atoms with E-state index in [2.05, 4.69) is 6.92 Å². The lowest BCUT2D eigenvalue weighted by atomic mass is 10.2. The lowest BCUT2D eigenvalue weighted by Crippen LogP contribution is -2.40. The van der Waals surface area contributed by atoms with Crippen molar-refractivity contribution in [2.75, 3.05) is 26.2 Å². The molecule has 0 fully saturated rings. The highest BCUT2D eigenvalue weighted by atomic mass is 32.2. The van der Waals surface area contributed by atoms with Gasteiger partial charge in [-0.25, -0.2) is 13.2 Å². The van der Waals surface area contributed by atoms with Crippen LogP contribution in [0.5, 0.6) is 0 Å². The smallest absolute Gasteiger partial charge is 0.410 e. The summed E-state index contributed by atoms with van der Waals surface area (Å²) in [5.74, 6) is 0.170. The SMILES string of the molecule is CCCCCCN(CCCN(CC(C)C)S(=O)(=O)c1ccc2occc2c1)C(=O)OC(C)(C)C. The van der Waals surface area contributed by atoms with Gasteiger partial charge in [0.15, 0.2) is 0 Å². The molecule has 1 aromatic heterocycles. The minimum atomic E-state index is -3.68. The molecule has 0 N–H and O–H groups in total. The number of hydrogen-bond donors (Lipinski definition) is 0. The minimum Gasteiger partial charge on any atom is -0.464 e. The number of carbonyl (C=O) groups excluding carboxylic acids is 1. The summed E-state index contributed by atoms with van der Waals surface area (Å²) < 4.78 is 39.4. The second kappa shape index (κ2) is 12.6. The molecular formula is C26H42N2O5S. The molecular weight excluding hydrogens is 452 g/mol. The molecule has 192 valence electrons.